The molecule has 0 aliphatic heterocycles. The summed E-state index contributed by atoms with van der Waals surface area (Å²) in [5.41, 5.74) is -2.86. The zero-order valence-electron chi connectivity index (χ0n) is 28.4. The molecule has 0 heterocycles. The van der Waals surface area contributed by atoms with Gasteiger partial charge in [0.05, 0.1) is 19.8 Å². The average molecular weight is 865 g/mol. The fraction of sp³-hybridized carbons (Fsp3) is 0.778. The number of nitrogens with one attached hydrogen (secondary N) is 3. The molecule has 18 nitrogen and oxygen atoms in total. The molecule has 50 heavy (non-hydrogen) atoms. The number of hydrogen-bond donors (Lipinski definition) is 9. The van der Waals surface area contributed by atoms with Gasteiger partial charge in [-0.2, -0.15) is 0 Å². The molecular weight excluding hydrogens is 817 g/mol. The first-order valence-electron chi connectivity index (χ1n) is 13.7. The normalized spacial score (nSPS) is 12.0. The van der Waals surface area contributed by atoms with E-state index in [1.54, 1.807) is 0 Å². The molecule has 0 aliphatic rings. The largest absolute Gasteiger partial charge is 3.00 e. The van der Waals surface area contributed by atoms with E-state index in [9.17, 15) is 59.4 Å². The van der Waals surface area contributed by atoms with Gasteiger partial charge < -0.3 is 114 Å². The zero-order chi connectivity index (χ0) is 36.2. The number of carbonyl (C=O) groups is 6. The Morgan fingerprint density at radius 3 is 0.760 bits per heavy atom. The summed E-state index contributed by atoms with van der Waals surface area (Å²) in [7, 11) is 0. The van der Waals surface area contributed by atoms with Crippen LogP contribution >= 0.6 is 0 Å². The van der Waals surface area contributed by atoms with Gasteiger partial charge in [0.25, 0.3) is 0 Å². The number of halogens is 3. The van der Waals surface area contributed by atoms with E-state index >= 15 is 0 Å². The van der Waals surface area contributed by atoms with Crippen molar-refractivity contribution in [1.29, 1.82) is 0 Å². The molecule has 3 amide bonds. The van der Waals surface area contributed by atoms with Crippen molar-refractivity contribution in [3.8, 4) is 0 Å². The number of amides is 3. The Bertz CT molecular complexity index is 863. The quantitative estimate of drug-likeness (QED) is 0.0618. The van der Waals surface area contributed by atoms with Crippen LogP contribution < -0.4 is 68.5 Å². The van der Waals surface area contributed by atoms with E-state index < -0.39 is 70.2 Å². The summed E-state index contributed by atoms with van der Waals surface area (Å²) in [5, 5.41) is 91.9. The minimum Gasteiger partial charge on any atom is -1.00 e. The number of carbonyl (C=O) groups excluding carboxylic acids is 6. The molecule has 9 N–H and O–H groups in total. The Kier molecular flexibility index (Phi) is 44.5. The number of aliphatic carboxylic acids is 3. The molecule has 0 aromatic rings. The van der Waals surface area contributed by atoms with Crippen molar-refractivity contribution in [1.82, 2.24) is 16.0 Å². The molecule has 3 unspecified atom stereocenters. The van der Waals surface area contributed by atoms with E-state index in [2.05, 4.69) is 16.0 Å². The van der Waals surface area contributed by atoms with Crippen LogP contribution in [0, 0.1) is 16.2 Å². The standard InChI is InChI=1S/3C9H17NO5.3ClH.2Cr/c3*1-9(2,5-11)7(14)8(15)10-4-3-6(12)13;;;;;/h3*7,11,14H,3-5H2,1-2H3,(H,10,15)(H,12,13);3*1H;;/q;;;;;;2*+3/p-6. The maximum atomic E-state index is 11.2. The second-order valence-electron chi connectivity index (χ2n) is 11.9. The molecule has 0 saturated carbocycles. The number of aliphatic hydroxyl groups is 6. The summed E-state index contributed by atoms with van der Waals surface area (Å²) in [5.74, 6) is -5.91. The second kappa shape index (κ2) is 33.4. The van der Waals surface area contributed by atoms with E-state index in [-0.39, 0.29) is 131 Å². The third kappa shape index (κ3) is 31.3. The molecule has 0 fully saturated rings. The maximum absolute atomic E-state index is 11.2. The second-order valence-corrected chi connectivity index (χ2v) is 11.9. The molecule has 0 aromatic heterocycles. The van der Waals surface area contributed by atoms with Crippen LogP contribution in [0.25, 0.3) is 0 Å². The van der Waals surface area contributed by atoms with Gasteiger partial charge >= 0.3 is 34.7 Å². The number of hydrogen-bond acceptors (Lipinski definition) is 15. The number of aliphatic hydroxyl groups excluding tert-OH is 6. The van der Waals surface area contributed by atoms with Gasteiger partial charge in [-0.1, -0.05) is 41.5 Å². The monoisotopic (exact) mass is 863 g/mol. The van der Waals surface area contributed by atoms with Crippen LogP contribution in [0.3, 0.4) is 0 Å². The SMILES string of the molecule is CC(C)(CO)C(O)C(=O)NCCC(=O)[O-].CC(C)(CO)C(O)C(=O)NCCC(=O)[O-].CC(C)(CO)C(O)C(=O)NCCC(=O)[O-].[Cl-].[Cl-].[Cl-].[Cr+3].[Cr+3]. The van der Waals surface area contributed by atoms with Crippen LogP contribution in [0.1, 0.15) is 60.8 Å². The molecule has 0 saturated heterocycles. The first-order chi connectivity index (χ1) is 20.4. The van der Waals surface area contributed by atoms with Crippen LogP contribution in [-0.2, 0) is 63.5 Å². The summed E-state index contributed by atoms with van der Waals surface area (Å²) < 4.78 is 0. The first-order valence-corrected chi connectivity index (χ1v) is 13.7. The molecule has 3 atom stereocenters. The van der Waals surface area contributed by atoms with E-state index in [0.29, 0.717) is 0 Å². The van der Waals surface area contributed by atoms with Crippen LogP contribution in [0.2, 0.25) is 0 Å². The number of carboxylic acids is 3. The van der Waals surface area contributed by atoms with Gasteiger partial charge in [0, 0.05) is 73.0 Å². The van der Waals surface area contributed by atoms with Crippen LogP contribution in [0.4, 0.5) is 0 Å². The molecule has 0 aromatic carbocycles. The minimum atomic E-state index is -1.37. The van der Waals surface area contributed by atoms with E-state index in [0.717, 1.165) is 0 Å². The summed E-state index contributed by atoms with van der Waals surface area (Å²) >= 11 is 0. The average Bonchev–Trinajstić information content (AvgIpc) is 2.95. The summed E-state index contributed by atoms with van der Waals surface area (Å²) in [6.45, 7) is 7.81. The third-order valence-electron chi connectivity index (χ3n) is 6.07. The van der Waals surface area contributed by atoms with Crippen molar-refractivity contribution in [3.63, 3.8) is 0 Å². The van der Waals surface area contributed by atoms with Crippen LogP contribution in [0.5, 0.6) is 0 Å². The van der Waals surface area contributed by atoms with Gasteiger partial charge in [0.15, 0.2) is 0 Å². The van der Waals surface area contributed by atoms with Crippen molar-refractivity contribution in [2.45, 2.75) is 79.1 Å². The Hall–Kier alpha value is -1.49. The molecular formula is C27H48Cl3Cr2N3O15. The smallest absolute Gasteiger partial charge is 1.00 e. The van der Waals surface area contributed by atoms with Crippen LogP contribution in [-0.4, -0.2) is 124 Å². The maximum Gasteiger partial charge on any atom is 3.00 e. The molecule has 0 aliphatic carbocycles. The van der Waals surface area contributed by atoms with Crippen molar-refractivity contribution in [3.05, 3.63) is 0 Å². The van der Waals surface area contributed by atoms with E-state index in [4.69, 9.17) is 15.3 Å². The fourth-order valence-corrected chi connectivity index (χ4v) is 2.48. The van der Waals surface area contributed by atoms with Crippen molar-refractivity contribution in [2.75, 3.05) is 39.5 Å². The van der Waals surface area contributed by atoms with Gasteiger partial charge in [-0.15, -0.1) is 0 Å². The van der Waals surface area contributed by atoms with Gasteiger partial charge in [0.2, 0.25) is 17.7 Å². The van der Waals surface area contributed by atoms with Crippen molar-refractivity contribution >= 4 is 35.6 Å². The Labute approximate surface area is 331 Å². The fourth-order valence-electron chi connectivity index (χ4n) is 2.48. The molecule has 0 spiro atoms. The summed E-state index contributed by atoms with van der Waals surface area (Å²) in [6.07, 6.45) is -5.04. The first kappa shape index (κ1) is 66.7. The summed E-state index contributed by atoms with van der Waals surface area (Å²) in [6, 6.07) is 0. The van der Waals surface area contributed by atoms with E-state index in [1.807, 2.05) is 0 Å². The molecule has 0 rings (SSSR count). The molecule has 23 heteroatoms. The Balaban J connectivity index is -0.0000000840. The van der Waals surface area contributed by atoms with Crippen LogP contribution in [0.15, 0.2) is 0 Å². The number of rotatable bonds is 18. The summed E-state index contributed by atoms with van der Waals surface area (Å²) in [4.78, 5) is 63.8. The Morgan fingerprint density at radius 2 is 0.640 bits per heavy atom. The van der Waals surface area contributed by atoms with Crippen molar-refractivity contribution < 1.29 is 147 Å². The third-order valence-corrected chi connectivity index (χ3v) is 6.07. The minimum absolute atomic E-state index is 0. The topological polar surface area (TPSA) is 329 Å². The molecule has 294 valence electrons. The van der Waals surface area contributed by atoms with Crippen molar-refractivity contribution in [2.24, 2.45) is 16.2 Å². The predicted octanol–water partition coefficient (Wildman–Crippen LogP) is -16.1. The molecule has 0 bridgehead atoms. The van der Waals surface area contributed by atoms with Gasteiger partial charge in [0.1, 0.15) is 18.3 Å². The zero-order valence-corrected chi connectivity index (χ0v) is 33.2. The van der Waals surface area contributed by atoms with E-state index in [1.165, 1.54) is 41.5 Å². The van der Waals surface area contributed by atoms with Gasteiger partial charge in [-0.05, 0) is 0 Å². The Morgan fingerprint density at radius 1 is 0.480 bits per heavy atom. The molecule has 2 radical (unpaired) electrons. The predicted molar refractivity (Wildman–Crippen MR) is 149 cm³/mol. The van der Waals surface area contributed by atoms with Gasteiger partial charge in [-0.3, -0.25) is 14.4 Å². The number of carboxylic acid groups (broad SMARTS) is 3. The van der Waals surface area contributed by atoms with Gasteiger partial charge in [-0.25, -0.2) is 0 Å².